The quantitative estimate of drug-likeness (QED) is 0.715. The molecular weight excluding hydrogens is 240 g/mol. The molecule has 92 valence electrons. The summed E-state index contributed by atoms with van der Waals surface area (Å²) in [4.78, 5) is 10.4. The van der Waals surface area contributed by atoms with E-state index in [1.54, 1.807) is 18.5 Å². The van der Waals surface area contributed by atoms with Gasteiger partial charge in [0.1, 0.15) is 0 Å². The maximum Gasteiger partial charge on any atom is 0.225 e. The monoisotopic (exact) mass is 254 g/mol. The fourth-order valence-electron chi connectivity index (χ4n) is 2.50. The molecule has 0 amide bonds. The average Bonchev–Trinajstić information content (AvgIpc) is 2.12. The van der Waals surface area contributed by atoms with Crippen LogP contribution in [0.5, 0.6) is 0 Å². The molecule has 0 aromatic carbocycles. The molecular formula is C10H14N4O2S. The lowest BCUT2D eigenvalue weighted by atomic mass is 9.74. The maximum absolute atomic E-state index is 11.3. The van der Waals surface area contributed by atoms with E-state index < -0.39 is 10.0 Å². The highest BCUT2D eigenvalue weighted by Crippen LogP contribution is 2.41. The van der Waals surface area contributed by atoms with Gasteiger partial charge < -0.3 is 4.90 Å². The lowest BCUT2D eigenvalue weighted by Crippen LogP contribution is -2.73. The molecule has 0 atom stereocenters. The lowest BCUT2D eigenvalue weighted by Gasteiger charge is -2.59. The Labute approximate surface area is 100 Å². The van der Waals surface area contributed by atoms with Crippen LogP contribution in [0, 0.1) is 5.41 Å². The molecule has 0 N–H and O–H groups in total. The van der Waals surface area contributed by atoms with Crippen LogP contribution in [0.15, 0.2) is 18.5 Å². The van der Waals surface area contributed by atoms with Gasteiger partial charge in [-0.2, -0.15) is 0 Å². The van der Waals surface area contributed by atoms with E-state index in [9.17, 15) is 8.42 Å². The predicted molar refractivity (Wildman–Crippen MR) is 63.1 cm³/mol. The zero-order chi connectivity index (χ0) is 12.1. The topological polar surface area (TPSA) is 66.4 Å². The van der Waals surface area contributed by atoms with E-state index in [4.69, 9.17) is 0 Å². The largest absolute Gasteiger partial charge is 0.339 e. The van der Waals surface area contributed by atoms with Crippen molar-refractivity contribution < 1.29 is 8.42 Å². The van der Waals surface area contributed by atoms with Crippen LogP contribution < -0.4 is 4.90 Å². The predicted octanol–water partition coefficient (Wildman–Crippen LogP) is -0.442. The zero-order valence-corrected chi connectivity index (χ0v) is 10.4. The van der Waals surface area contributed by atoms with Gasteiger partial charge in [-0.05, 0) is 6.07 Å². The van der Waals surface area contributed by atoms with Crippen molar-refractivity contribution >= 4 is 16.0 Å². The van der Waals surface area contributed by atoms with Crippen molar-refractivity contribution in [3.63, 3.8) is 0 Å². The Morgan fingerprint density at radius 1 is 1.18 bits per heavy atom. The highest BCUT2D eigenvalue weighted by Gasteiger charge is 2.54. The summed E-state index contributed by atoms with van der Waals surface area (Å²) in [5.74, 6) is 0.732. The minimum absolute atomic E-state index is 0.141. The molecule has 0 bridgehead atoms. The van der Waals surface area contributed by atoms with Gasteiger partial charge in [0.15, 0.2) is 0 Å². The van der Waals surface area contributed by atoms with E-state index in [1.165, 1.54) is 10.6 Å². The second-order valence-corrected chi connectivity index (χ2v) is 6.92. The number of hydrogen-bond donors (Lipinski definition) is 0. The van der Waals surface area contributed by atoms with Crippen LogP contribution in [-0.4, -0.2) is 55.1 Å². The van der Waals surface area contributed by atoms with Crippen LogP contribution in [0.3, 0.4) is 0 Å². The molecule has 0 saturated carbocycles. The molecule has 2 saturated heterocycles. The van der Waals surface area contributed by atoms with Crippen molar-refractivity contribution in [3.8, 4) is 0 Å². The van der Waals surface area contributed by atoms with Gasteiger partial charge in [-0.25, -0.2) is 22.7 Å². The summed E-state index contributed by atoms with van der Waals surface area (Å²) in [6.45, 7) is 2.97. The Balaban J connectivity index is 1.61. The smallest absolute Gasteiger partial charge is 0.225 e. The van der Waals surface area contributed by atoms with Crippen molar-refractivity contribution in [2.75, 3.05) is 37.3 Å². The zero-order valence-electron chi connectivity index (χ0n) is 9.57. The van der Waals surface area contributed by atoms with E-state index in [2.05, 4.69) is 14.9 Å². The number of sulfonamides is 1. The SMILES string of the molecule is CS(=O)(=O)N1CC2(CN(c3ncccn3)C2)C1. The van der Waals surface area contributed by atoms with Crippen LogP contribution in [0.4, 0.5) is 5.95 Å². The van der Waals surface area contributed by atoms with Gasteiger partial charge in [-0.3, -0.25) is 0 Å². The summed E-state index contributed by atoms with van der Waals surface area (Å²) in [6, 6.07) is 1.79. The average molecular weight is 254 g/mol. The molecule has 0 radical (unpaired) electrons. The van der Waals surface area contributed by atoms with Crippen molar-refractivity contribution in [1.29, 1.82) is 0 Å². The fourth-order valence-corrected chi connectivity index (χ4v) is 3.51. The molecule has 1 spiro atoms. The van der Waals surface area contributed by atoms with Crippen LogP contribution in [0.2, 0.25) is 0 Å². The summed E-state index contributed by atoms with van der Waals surface area (Å²) in [7, 11) is -3.01. The van der Waals surface area contributed by atoms with Gasteiger partial charge in [-0.1, -0.05) is 0 Å². The van der Waals surface area contributed by atoms with E-state index in [0.717, 1.165) is 19.0 Å². The molecule has 17 heavy (non-hydrogen) atoms. The summed E-state index contributed by atoms with van der Waals surface area (Å²) in [5, 5.41) is 0. The standard InChI is InChI=1S/C10H14N4O2S/c1-17(15,16)14-7-10(8-14)5-13(6-10)9-11-3-2-4-12-9/h2-4H,5-8H2,1H3. The first kappa shape index (κ1) is 10.9. The molecule has 0 unspecified atom stereocenters. The van der Waals surface area contributed by atoms with Gasteiger partial charge in [0.25, 0.3) is 0 Å². The van der Waals surface area contributed by atoms with Gasteiger partial charge in [0.2, 0.25) is 16.0 Å². The molecule has 2 aliphatic rings. The van der Waals surface area contributed by atoms with Crippen LogP contribution in [-0.2, 0) is 10.0 Å². The second kappa shape index (κ2) is 3.39. The van der Waals surface area contributed by atoms with Gasteiger partial charge in [0.05, 0.1) is 6.26 Å². The summed E-state index contributed by atoms with van der Waals surface area (Å²) < 4.78 is 24.1. The normalized spacial score (nSPS) is 23.2. The third kappa shape index (κ3) is 1.79. The number of rotatable bonds is 2. The van der Waals surface area contributed by atoms with Gasteiger partial charge in [0, 0.05) is 44.0 Å². The van der Waals surface area contributed by atoms with Crippen LogP contribution in [0.1, 0.15) is 0 Å². The van der Waals surface area contributed by atoms with Gasteiger partial charge in [-0.15, -0.1) is 0 Å². The van der Waals surface area contributed by atoms with Crippen molar-refractivity contribution in [3.05, 3.63) is 18.5 Å². The number of hydrogen-bond acceptors (Lipinski definition) is 5. The number of aromatic nitrogens is 2. The van der Waals surface area contributed by atoms with Crippen molar-refractivity contribution in [2.24, 2.45) is 5.41 Å². The van der Waals surface area contributed by atoms with Crippen molar-refractivity contribution in [2.45, 2.75) is 0 Å². The van der Waals surface area contributed by atoms with Crippen molar-refractivity contribution in [1.82, 2.24) is 14.3 Å². The third-order valence-electron chi connectivity index (χ3n) is 3.38. The highest BCUT2D eigenvalue weighted by molar-refractivity contribution is 7.88. The Kier molecular flexibility index (Phi) is 2.18. The fraction of sp³-hybridized carbons (Fsp3) is 0.600. The number of nitrogens with zero attached hydrogens (tertiary/aromatic N) is 4. The molecule has 6 nitrogen and oxygen atoms in total. The maximum atomic E-state index is 11.3. The first-order chi connectivity index (χ1) is 7.99. The van der Waals surface area contributed by atoms with Crippen LogP contribution in [0.25, 0.3) is 0 Å². The molecule has 2 fully saturated rings. The Bertz CT molecular complexity index is 516. The third-order valence-corrected chi connectivity index (χ3v) is 4.58. The van der Waals surface area contributed by atoms with E-state index in [0.29, 0.717) is 13.1 Å². The first-order valence-electron chi connectivity index (χ1n) is 5.46. The molecule has 3 rings (SSSR count). The molecule has 0 aliphatic carbocycles. The van der Waals surface area contributed by atoms with Crippen LogP contribution >= 0.6 is 0 Å². The van der Waals surface area contributed by atoms with E-state index >= 15 is 0 Å². The Hall–Kier alpha value is -1.21. The lowest BCUT2D eigenvalue weighted by molar-refractivity contribution is 0.0389. The molecule has 2 aliphatic heterocycles. The molecule has 3 heterocycles. The van der Waals surface area contributed by atoms with Gasteiger partial charge >= 0.3 is 0 Å². The number of anilines is 1. The molecule has 7 heteroatoms. The summed E-state index contributed by atoms with van der Waals surface area (Å²) in [5.41, 5.74) is 0.141. The molecule has 1 aromatic rings. The minimum atomic E-state index is -3.01. The minimum Gasteiger partial charge on any atom is -0.339 e. The summed E-state index contributed by atoms with van der Waals surface area (Å²) in [6.07, 6.45) is 4.70. The Morgan fingerprint density at radius 3 is 2.29 bits per heavy atom. The highest BCUT2D eigenvalue weighted by atomic mass is 32.2. The second-order valence-electron chi connectivity index (χ2n) is 4.94. The molecule has 1 aromatic heterocycles. The first-order valence-corrected chi connectivity index (χ1v) is 7.31. The van der Waals surface area contributed by atoms with E-state index in [1.807, 2.05) is 0 Å². The Morgan fingerprint density at radius 2 is 1.76 bits per heavy atom. The summed E-state index contributed by atoms with van der Waals surface area (Å²) >= 11 is 0. The van der Waals surface area contributed by atoms with E-state index in [-0.39, 0.29) is 5.41 Å².